The topological polar surface area (TPSA) is 177 Å². The highest BCUT2D eigenvalue weighted by atomic mass is 31.2. The van der Waals surface area contributed by atoms with E-state index < -0.39 is 50.0 Å². The number of hydrogen-bond acceptors (Lipinski definition) is 7. The van der Waals surface area contributed by atoms with Gasteiger partial charge in [0.25, 0.3) is 5.56 Å². The molecule has 2 rings (SSSR count). The molecule has 0 spiro atoms. The highest BCUT2D eigenvalue weighted by Gasteiger charge is 2.45. The van der Waals surface area contributed by atoms with E-state index in [1.54, 1.807) is 0 Å². The SMILES string of the molecule is Cc1cn([C@@H]2O[C@H](COP(=O)(O)O)[C@@H](CN)[C@H]2O)c(=O)[nH]c1=O. The summed E-state index contributed by atoms with van der Waals surface area (Å²) in [5.41, 5.74) is 4.45. The second-order valence-corrected chi connectivity index (χ2v) is 6.46. The van der Waals surface area contributed by atoms with Crippen LogP contribution in [-0.4, -0.2) is 49.8 Å². The molecule has 0 unspecified atom stereocenters. The number of H-pyrrole nitrogens is 1. The summed E-state index contributed by atoms with van der Waals surface area (Å²) in [5, 5.41) is 10.3. The number of nitrogens with one attached hydrogen (secondary N) is 1. The fourth-order valence-corrected chi connectivity index (χ4v) is 2.76. The van der Waals surface area contributed by atoms with Gasteiger partial charge < -0.3 is 25.4 Å². The van der Waals surface area contributed by atoms with Crippen molar-refractivity contribution in [3.8, 4) is 0 Å². The number of nitrogens with zero attached hydrogens (tertiary/aromatic N) is 1. The fourth-order valence-electron chi connectivity index (χ4n) is 2.42. The van der Waals surface area contributed by atoms with E-state index in [1.807, 2.05) is 0 Å². The summed E-state index contributed by atoms with van der Waals surface area (Å²) in [6.07, 6.45) is -2.06. The zero-order valence-corrected chi connectivity index (χ0v) is 13.1. The van der Waals surface area contributed by atoms with Crippen molar-refractivity contribution in [3.63, 3.8) is 0 Å². The van der Waals surface area contributed by atoms with Crippen molar-refractivity contribution in [1.82, 2.24) is 9.55 Å². The molecule has 1 fully saturated rings. The minimum Gasteiger partial charge on any atom is -0.388 e. The van der Waals surface area contributed by atoms with Crippen molar-refractivity contribution >= 4 is 7.82 Å². The van der Waals surface area contributed by atoms with Crippen molar-refractivity contribution in [1.29, 1.82) is 0 Å². The van der Waals surface area contributed by atoms with Crippen LogP contribution in [-0.2, 0) is 13.8 Å². The van der Waals surface area contributed by atoms with Crippen LogP contribution >= 0.6 is 7.82 Å². The number of aromatic nitrogens is 2. The molecule has 6 N–H and O–H groups in total. The first-order valence-electron chi connectivity index (χ1n) is 6.70. The Morgan fingerprint density at radius 3 is 2.70 bits per heavy atom. The van der Waals surface area contributed by atoms with Crippen LogP contribution in [0.5, 0.6) is 0 Å². The van der Waals surface area contributed by atoms with Gasteiger partial charge in [0.2, 0.25) is 0 Å². The van der Waals surface area contributed by atoms with Crippen molar-refractivity contribution in [2.45, 2.75) is 25.4 Å². The minimum absolute atomic E-state index is 0.0516. The van der Waals surface area contributed by atoms with Crippen LogP contribution in [0.1, 0.15) is 11.8 Å². The first kappa shape index (κ1) is 18.0. The van der Waals surface area contributed by atoms with E-state index in [1.165, 1.54) is 13.1 Å². The van der Waals surface area contributed by atoms with Gasteiger partial charge in [0.1, 0.15) is 6.10 Å². The molecule has 12 heteroatoms. The second-order valence-electron chi connectivity index (χ2n) is 5.22. The number of aryl methyl sites for hydroxylation is 1. The van der Waals surface area contributed by atoms with Crippen molar-refractivity contribution in [2.75, 3.05) is 13.2 Å². The quantitative estimate of drug-likeness (QED) is 0.368. The van der Waals surface area contributed by atoms with Gasteiger partial charge >= 0.3 is 13.5 Å². The molecule has 1 aliphatic heterocycles. The predicted octanol–water partition coefficient (Wildman–Crippen LogP) is -2.21. The van der Waals surface area contributed by atoms with E-state index in [4.69, 9.17) is 20.3 Å². The van der Waals surface area contributed by atoms with E-state index in [9.17, 15) is 19.3 Å². The Kier molecular flexibility index (Phi) is 5.21. The van der Waals surface area contributed by atoms with E-state index in [2.05, 4.69) is 9.51 Å². The number of nitrogens with two attached hydrogens (primary N) is 1. The molecule has 0 saturated carbocycles. The lowest BCUT2D eigenvalue weighted by atomic mass is 9.98. The summed E-state index contributed by atoms with van der Waals surface area (Å²) in [6.45, 7) is 0.922. The molecular formula is C11H18N3O8P. The van der Waals surface area contributed by atoms with Crippen LogP contribution in [0, 0.1) is 12.8 Å². The van der Waals surface area contributed by atoms with E-state index in [0.717, 1.165) is 4.57 Å². The zero-order valence-electron chi connectivity index (χ0n) is 12.2. The largest absolute Gasteiger partial charge is 0.469 e. The molecule has 0 aromatic carbocycles. The summed E-state index contributed by atoms with van der Waals surface area (Å²) in [7, 11) is -4.71. The lowest BCUT2D eigenvalue weighted by molar-refractivity contribution is -0.0530. The Labute approximate surface area is 129 Å². The predicted molar refractivity (Wildman–Crippen MR) is 76.5 cm³/mol. The first-order valence-corrected chi connectivity index (χ1v) is 8.23. The Morgan fingerprint density at radius 2 is 2.13 bits per heavy atom. The smallest absolute Gasteiger partial charge is 0.388 e. The number of hydrogen-bond donors (Lipinski definition) is 5. The standard InChI is InChI=1S/C11H18N3O8P/c1-5-3-14(11(17)13-9(5)16)10-8(15)6(2-12)7(22-10)4-21-23(18,19)20/h3,6-8,10,15H,2,4,12H2,1H3,(H,13,16,17)(H2,18,19,20)/t6-,7-,8-,10-/m1/s1. The monoisotopic (exact) mass is 351 g/mol. The van der Waals surface area contributed by atoms with E-state index in [-0.39, 0.29) is 12.1 Å². The second kappa shape index (κ2) is 6.65. The van der Waals surface area contributed by atoms with Crippen molar-refractivity contribution in [3.05, 3.63) is 32.6 Å². The first-order chi connectivity index (χ1) is 10.6. The highest BCUT2D eigenvalue weighted by molar-refractivity contribution is 7.46. The average Bonchev–Trinajstić information content (AvgIpc) is 2.76. The molecule has 1 aromatic heterocycles. The number of rotatable bonds is 5. The molecule has 0 radical (unpaired) electrons. The van der Waals surface area contributed by atoms with E-state index in [0.29, 0.717) is 0 Å². The maximum atomic E-state index is 11.9. The molecule has 23 heavy (non-hydrogen) atoms. The summed E-state index contributed by atoms with van der Waals surface area (Å²) >= 11 is 0. The normalized spacial score (nSPS) is 28.2. The van der Waals surface area contributed by atoms with Gasteiger partial charge in [0, 0.05) is 24.2 Å². The Hall–Kier alpha value is -1.33. The third-order valence-corrected chi connectivity index (χ3v) is 4.11. The van der Waals surface area contributed by atoms with Crippen molar-refractivity contribution < 1.29 is 28.7 Å². The molecule has 0 amide bonds. The fraction of sp³-hybridized carbons (Fsp3) is 0.636. The van der Waals surface area contributed by atoms with E-state index >= 15 is 0 Å². The van der Waals surface area contributed by atoms with Gasteiger partial charge in [-0.15, -0.1) is 0 Å². The van der Waals surface area contributed by atoms with Gasteiger partial charge in [0.15, 0.2) is 6.23 Å². The van der Waals surface area contributed by atoms with Gasteiger partial charge in [0.05, 0.1) is 12.7 Å². The molecular weight excluding hydrogens is 333 g/mol. The number of aliphatic hydroxyl groups excluding tert-OH is 1. The van der Waals surface area contributed by atoms with Crippen LogP contribution in [0.4, 0.5) is 0 Å². The Bertz CT molecular complexity index is 725. The summed E-state index contributed by atoms with van der Waals surface area (Å²) < 4.78 is 21.6. The third-order valence-electron chi connectivity index (χ3n) is 3.62. The van der Waals surface area contributed by atoms with Crippen molar-refractivity contribution in [2.24, 2.45) is 11.7 Å². The molecule has 1 aliphatic rings. The summed E-state index contributed by atoms with van der Waals surface area (Å²) in [4.78, 5) is 42.8. The molecule has 0 bridgehead atoms. The lowest BCUT2D eigenvalue weighted by Crippen LogP contribution is -2.38. The average molecular weight is 351 g/mol. The molecule has 1 aromatic rings. The van der Waals surface area contributed by atoms with Gasteiger partial charge in [-0.25, -0.2) is 9.36 Å². The molecule has 11 nitrogen and oxygen atoms in total. The summed E-state index contributed by atoms with van der Waals surface area (Å²) in [6, 6.07) is 0. The van der Waals surface area contributed by atoms with Crippen LogP contribution in [0.15, 0.2) is 15.8 Å². The Morgan fingerprint density at radius 1 is 1.48 bits per heavy atom. The van der Waals surface area contributed by atoms with Crippen LogP contribution < -0.4 is 17.0 Å². The van der Waals surface area contributed by atoms with Gasteiger partial charge in [-0.2, -0.15) is 0 Å². The molecule has 2 heterocycles. The minimum atomic E-state index is -4.71. The van der Waals surface area contributed by atoms with Gasteiger partial charge in [-0.3, -0.25) is 18.9 Å². The number of ether oxygens (including phenoxy) is 1. The number of phosphoric acid groups is 1. The molecule has 0 aliphatic carbocycles. The van der Waals surface area contributed by atoms with Gasteiger partial charge in [-0.1, -0.05) is 0 Å². The number of phosphoric ester groups is 1. The summed E-state index contributed by atoms with van der Waals surface area (Å²) in [5.74, 6) is -0.703. The Balaban J connectivity index is 2.28. The number of aromatic amines is 1. The van der Waals surface area contributed by atoms with Crippen LogP contribution in [0.25, 0.3) is 0 Å². The van der Waals surface area contributed by atoms with Crippen LogP contribution in [0.2, 0.25) is 0 Å². The molecule has 130 valence electrons. The van der Waals surface area contributed by atoms with Gasteiger partial charge in [-0.05, 0) is 6.92 Å². The molecule has 1 saturated heterocycles. The third kappa shape index (κ3) is 3.96. The molecule has 4 atom stereocenters. The lowest BCUT2D eigenvalue weighted by Gasteiger charge is -2.18. The number of aliphatic hydroxyl groups is 1. The maximum Gasteiger partial charge on any atom is 0.469 e. The van der Waals surface area contributed by atoms with Crippen LogP contribution in [0.3, 0.4) is 0 Å². The highest BCUT2D eigenvalue weighted by Crippen LogP contribution is 2.39. The zero-order chi connectivity index (χ0) is 17.4. The maximum absolute atomic E-state index is 11.9.